The molecule has 1 saturated carbocycles. The molecule has 0 radical (unpaired) electrons. The Morgan fingerprint density at radius 2 is 2.14 bits per heavy atom. The minimum absolute atomic E-state index is 0.229. The van der Waals surface area contributed by atoms with Crippen LogP contribution in [0, 0.1) is 5.41 Å². The van der Waals surface area contributed by atoms with Crippen LogP contribution in [-0.2, 0) is 4.74 Å². The van der Waals surface area contributed by atoms with Gasteiger partial charge in [-0.25, -0.2) is 0 Å². The Kier molecular flexibility index (Phi) is 3.10. The molecular formula is C11H21NO2. The predicted molar refractivity (Wildman–Crippen MR) is 55.2 cm³/mol. The molecule has 1 aliphatic heterocycles. The van der Waals surface area contributed by atoms with Crippen LogP contribution in [0.5, 0.6) is 0 Å². The highest BCUT2D eigenvalue weighted by Crippen LogP contribution is 2.48. The van der Waals surface area contributed by atoms with Crippen LogP contribution in [0.3, 0.4) is 0 Å². The number of aliphatic hydroxyl groups is 1. The highest BCUT2D eigenvalue weighted by molar-refractivity contribution is 5.01. The summed E-state index contributed by atoms with van der Waals surface area (Å²) < 4.78 is 5.40. The normalized spacial score (nSPS) is 32.6. The molecule has 2 aliphatic rings. The summed E-state index contributed by atoms with van der Waals surface area (Å²) in [4.78, 5) is 0. The van der Waals surface area contributed by atoms with E-state index in [0.29, 0.717) is 11.5 Å². The maximum absolute atomic E-state index is 9.22. The molecule has 0 aromatic rings. The molecule has 1 saturated heterocycles. The third-order valence-corrected chi connectivity index (χ3v) is 3.82. The Morgan fingerprint density at radius 1 is 1.43 bits per heavy atom. The zero-order chi connectivity index (χ0) is 10.0. The molecule has 2 fully saturated rings. The lowest BCUT2D eigenvalue weighted by atomic mass is 9.60. The molecule has 0 aromatic carbocycles. The van der Waals surface area contributed by atoms with Crippen molar-refractivity contribution in [1.29, 1.82) is 0 Å². The summed E-state index contributed by atoms with van der Waals surface area (Å²) in [6.45, 7) is 4.41. The summed E-state index contributed by atoms with van der Waals surface area (Å²) in [5, 5.41) is 12.7. The van der Waals surface area contributed by atoms with Gasteiger partial charge in [-0.2, -0.15) is 0 Å². The maximum atomic E-state index is 9.22. The molecule has 3 nitrogen and oxygen atoms in total. The summed E-state index contributed by atoms with van der Waals surface area (Å²) in [5.41, 5.74) is 0.507. The molecular weight excluding hydrogens is 178 g/mol. The van der Waals surface area contributed by atoms with E-state index in [1.807, 2.05) is 6.92 Å². The van der Waals surface area contributed by atoms with Crippen molar-refractivity contribution in [3.05, 3.63) is 0 Å². The van der Waals surface area contributed by atoms with Gasteiger partial charge in [-0.05, 0) is 38.0 Å². The van der Waals surface area contributed by atoms with E-state index in [0.717, 1.165) is 19.8 Å². The first-order valence-electron chi connectivity index (χ1n) is 5.72. The molecule has 2 atom stereocenters. The highest BCUT2D eigenvalue weighted by atomic mass is 16.5. The second-order valence-electron chi connectivity index (χ2n) is 4.82. The lowest BCUT2D eigenvalue weighted by molar-refractivity contribution is -0.0566. The van der Waals surface area contributed by atoms with Gasteiger partial charge in [0.15, 0.2) is 0 Å². The second-order valence-corrected chi connectivity index (χ2v) is 4.82. The van der Waals surface area contributed by atoms with Gasteiger partial charge in [0.25, 0.3) is 0 Å². The van der Waals surface area contributed by atoms with Gasteiger partial charge in [-0.3, -0.25) is 0 Å². The molecule has 1 heterocycles. The molecule has 0 bridgehead atoms. The van der Waals surface area contributed by atoms with E-state index in [1.165, 1.54) is 25.7 Å². The van der Waals surface area contributed by atoms with Gasteiger partial charge in [0.05, 0.1) is 6.10 Å². The number of rotatable bonds is 3. The van der Waals surface area contributed by atoms with Gasteiger partial charge < -0.3 is 15.2 Å². The maximum Gasteiger partial charge on any atom is 0.0636 e. The Hall–Kier alpha value is -0.120. The third kappa shape index (κ3) is 1.95. The molecule has 3 heteroatoms. The third-order valence-electron chi connectivity index (χ3n) is 3.82. The van der Waals surface area contributed by atoms with Crippen LogP contribution in [0.25, 0.3) is 0 Å². The summed E-state index contributed by atoms with van der Waals surface area (Å²) in [7, 11) is 0. The molecule has 0 aromatic heterocycles. The van der Waals surface area contributed by atoms with Crippen molar-refractivity contribution in [3.8, 4) is 0 Å². The van der Waals surface area contributed by atoms with E-state index in [4.69, 9.17) is 4.74 Å². The van der Waals surface area contributed by atoms with Crippen LogP contribution in [-0.4, -0.2) is 37.0 Å². The zero-order valence-electron chi connectivity index (χ0n) is 8.96. The Labute approximate surface area is 85.8 Å². The van der Waals surface area contributed by atoms with Gasteiger partial charge in [0.2, 0.25) is 0 Å². The lowest BCUT2D eigenvalue weighted by Gasteiger charge is -2.52. The van der Waals surface area contributed by atoms with E-state index in [-0.39, 0.29) is 6.10 Å². The van der Waals surface area contributed by atoms with Gasteiger partial charge in [-0.15, -0.1) is 0 Å². The Balaban J connectivity index is 1.81. The smallest absolute Gasteiger partial charge is 0.0636 e. The molecule has 1 aliphatic carbocycles. The first-order chi connectivity index (χ1) is 6.73. The van der Waals surface area contributed by atoms with Crippen molar-refractivity contribution in [2.24, 2.45) is 5.41 Å². The van der Waals surface area contributed by atoms with Gasteiger partial charge in [0, 0.05) is 25.8 Å². The van der Waals surface area contributed by atoms with Gasteiger partial charge >= 0.3 is 0 Å². The number of hydrogen-bond acceptors (Lipinski definition) is 3. The van der Waals surface area contributed by atoms with Gasteiger partial charge in [0.1, 0.15) is 0 Å². The van der Waals surface area contributed by atoms with Crippen molar-refractivity contribution in [2.45, 2.75) is 44.8 Å². The topological polar surface area (TPSA) is 41.5 Å². The van der Waals surface area contributed by atoms with Crippen molar-refractivity contribution in [2.75, 3.05) is 19.8 Å². The first kappa shape index (κ1) is 10.4. The van der Waals surface area contributed by atoms with Crippen LogP contribution >= 0.6 is 0 Å². The van der Waals surface area contributed by atoms with Crippen LogP contribution in [0.15, 0.2) is 0 Å². The van der Waals surface area contributed by atoms with Crippen molar-refractivity contribution < 1.29 is 9.84 Å². The van der Waals surface area contributed by atoms with Crippen LogP contribution in [0.1, 0.15) is 32.6 Å². The highest BCUT2D eigenvalue weighted by Gasteiger charge is 2.46. The molecule has 2 rings (SSSR count). The van der Waals surface area contributed by atoms with Crippen molar-refractivity contribution in [1.82, 2.24) is 5.32 Å². The number of ether oxygens (including phenoxy) is 1. The standard InChI is InChI=1S/C11H21NO2/c1-9(13)8-12-10-2-3-11(10)4-6-14-7-5-11/h9-10,12-13H,2-8H2,1H3. The SMILES string of the molecule is CC(O)CNC1CCC12CCOCC2. The van der Waals surface area contributed by atoms with Crippen LogP contribution < -0.4 is 5.32 Å². The number of nitrogens with one attached hydrogen (secondary N) is 1. The monoisotopic (exact) mass is 199 g/mol. The predicted octanol–water partition coefficient (Wildman–Crippen LogP) is 0.916. The van der Waals surface area contributed by atoms with Crippen LogP contribution in [0.2, 0.25) is 0 Å². The quantitative estimate of drug-likeness (QED) is 0.710. The Morgan fingerprint density at radius 3 is 2.64 bits per heavy atom. The van der Waals surface area contributed by atoms with E-state index < -0.39 is 0 Å². The van der Waals surface area contributed by atoms with Gasteiger partial charge in [-0.1, -0.05) is 0 Å². The average Bonchev–Trinajstić information content (AvgIpc) is 2.17. The molecule has 2 unspecified atom stereocenters. The second kappa shape index (κ2) is 4.17. The first-order valence-corrected chi connectivity index (χ1v) is 5.72. The lowest BCUT2D eigenvalue weighted by Crippen LogP contribution is -2.56. The Bertz CT molecular complexity index is 188. The minimum atomic E-state index is -0.229. The molecule has 82 valence electrons. The largest absolute Gasteiger partial charge is 0.392 e. The van der Waals surface area contributed by atoms with E-state index in [9.17, 15) is 5.11 Å². The summed E-state index contributed by atoms with van der Waals surface area (Å²) in [6.07, 6.45) is 4.78. The van der Waals surface area contributed by atoms with Crippen molar-refractivity contribution >= 4 is 0 Å². The van der Waals surface area contributed by atoms with E-state index in [1.54, 1.807) is 0 Å². The zero-order valence-corrected chi connectivity index (χ0v) is 8.96. The fourth-order valence-electron chi connectivity index (χ4n) is 2.70. The fraction of sp³-hybridized carbons (Fsp3) is 1.00. The summed E-state index contributed by atoms with van der Waals surface area (Å²) >= 11 is 0. The van der Waals surface area contributed by atoms with Crippen LogP contribution in [0.4, 0.5) is 0 Å². The minimum Gasteiger partial charge on any atom is -0.392 e. The number of hydrogen-bond donors (Lipinski definition) is 2. The molecule has 2 N–H and O–H groups in total. The number of aliphatic hydroxyl groups excluding tert-OH is 1. The molecule has 0 amide bonds. The van der Waals surface area contributed by atoms with E-state index >= 15 is 0 Å². The summed E-state index contributed by atoms with van der Waals surface area (Å²) in [6, 6.07) is 0.626. The molecule has 1 spiro atoms. The average molecular weight is 199 g/mol. The summed E-state index contributed by atoms with van der Waals surface area (Å²) in [5.74, 6) is 0. The van der Waals surface area contributed by atoms with E-state index in [2.05, 4.69) is 5.32 Å². The van der Waals surface area contributed by atoms with Crippen molar-refractivity contribution in [3.63, 3.8) is 0 Å². The fourth-order valence-corrected chi connectivity index (χ4v) is 2.70. The molecule has 14 heavy (non-hydrogen) atoms.